The van der Waals surface area contributed by atoms with Crippen molar-refractivity contribution in [1.29, 1.82) is 0 Å². The zero-order valence-corrected chi connectivity index (χ0v) is 11.6. The smallest absolute Gasteiger partial charge is 0.265 e. The number of benzene rings is 1. The molecule has 2 rings (SSSR count). The van der Waals surface area contributed by atoms with Crippen LogP contribution in [0.2, 0.25) is 5.02 Å². The Labute approximate surface area is 111 Å². The molecule has 1 aromatic carbocycles. The molecule has 0 aliphatic carbocycles. The quantitative estimate of drug-likeness (QED) is 0.845. The van der Waals surface area contributed by atoms with E-state index in [1.54, 1.807) is 6.92 Å². The van der Waals surface area contributed by atoms with Crippen LogP contribution in [0.3, 0.4) is 0 Å². The van der Waals surface area contributed by atoms with Crippen LogP contribution >= 0.6 is 11.6 Å². The predicted octanol–water partition coefficient (Wildman–Crippen LogP) is 1.95. The van der Waals surface area contributed by atoms with Gasteiger partial charge in [0, 0.05) is 6.54 Å². The Kier molecular flexibility index (Phi) is 3.82. The summed E-state index contributed by atoms with van der Waals surface area (Å²) in [6.07, 6.45) is 1.66. The first kappa shape index (κ1) is 13.6. The molecule has 0 saturated carbocycles. The number of hydroxylamine groups is 1. The van der Waals surface area contributed by atoms with Crippen LogP contribution in [-0.4, -0.2) is 26.0 Å². The second-order valence-corrected chi connectivity index (χ2v) is 6.42. The Morgan fingerprint density at radius 3 is 2.67 bits per heavy atom. The molecule has 0 amide bonds. The summed E-state index contributed by atoms with van der Waals surface area (Å²) in [6.45, 7) is 2.50. The van der Waals surface area contributed by atoms with Crippen molar-refractivity contribution in [3.8, 4) is 0 Å². The third-order valence-corrected chi connectivity index (χ3v) is 4.96. The van der Waals surface area contributed by atoms with Gasteiger partial charge >= 0.3 is 0 Å². The molecule has 1 heterocycles. The van der Waals surface area contributed by atoms with Gasteiger partial charge in [-0.25, -0.2) is 8.42 Å². The van der Waals surface area contributed by atoms with Crippen LogP contribution in [-0.2, 0) is 14.9 Å². The molecule has 1 fully saturated rings. The summed E-state index contributed by atoms with van der Waals surface area (Å²) < 4.78 is 25.6. The van der Waals surface area contributed by atoms with Gasteiger partial charge in [-0.1, -0.05) is 16.1 Å². The van der Waals surface area contributed by atoms with Crippen LogP contribution < -0.4 is 5.73 Å². The van der Waals surface area contributed by atoms with Crippen LogP contribution in [0.1, 0.15) is 18.4 Å². The number of nitrogen functional groups attached to an aromatic ring is 1. The van der Waals surface area contributed by atoms with Gasteiger partial charge in [-0.2, -0.15) is 0 Å². The van der Waals surface area contributed by atoms with Gasteiger partial charge in [0.05, 0.1) is 22.2 Å². The molecule has 0 aromatic heterocycles. The molecule has 0 atom stereocenters. The van der Waals surface area contributed by atoms with Crippen molar-refractivity contribution >= 4 is 27.3 Å². The zero-order chi connectivity index (χ0) is 13.3. The number of hydrogen-bond donors (Lipinski definition) is 1. The average Bonchev–Trinajstić information content (AvgIpc) is 2.36. The van der Waals surface area contributed by atoms with Crippen LogP contribution in [0.4, 0.5) is 5.69 Å². The van der Waals surface area contributed by atoms with E-state index in [9.17, 15) is 8.42 Å². The molecule has 0 bridgehead atoms. The first-order valence-electron chi connectivity index (χ1n) is 5.64. The first-order valence-corrected chi connectivity index (χ1v) is 7.46. The maximum absolute atomic E-state index is 12.3. The average molecular weight is 291 g/mol. The molecule has 2 N–H and O–H groups in total. The largest absolute Gasteiger partial charge is 0.397 e. The Hall–Kier alpha value is -0.820. The molecular weight excluding hydrogens is 276 g/mol. The number of nitrogens with zero attached hydrogens (tertiary/aromatic N) is 1. The fourth-order valence-electron chi connectivity index (χ4n) is 1.79. The standard InChI is InChI=1S/C11H15ClN2O3S/c1-8-6-9(7-10(13)11(8)12)18(15,16)14-4-2-3-5-17-14/h6-7H,2-5,13H2,1H3. The highest BCUT2D eigenvalue weighted by atomic mass is 35.5. The van der Waals surface area contributed by atoms with E-state index in [4.69, 9.17) is 22.2 Å². The lowest BCUT2D eigenvalue weighted by Crippen LogP contribution is -2.35. The van der Waals surface area contributed by atoms with Gasteiger partial charge in [-0.15, -0.1) is 0 Å². The summed E-state index contributed by atoms with van der Waals surface area (Å²) in [5.74, 6) is 0. The van der Waals surface area contributed by atoms with Crippen molar-refractivity contribution in [2.75, 3.05) is 18.9 Å². The van der Waals surface area contributed by atoms with Gasteiger partial charge in [-0.05, 0) is 37.5 Å². The van der Waals surface area contributed by atoms with E-state index in [-0.39, 0.29) is 10.6 Å². The minimum Gasteiger partial charge on any atom is -0.397 e. The van der Waals surface area contributed by atoms with Gasteiger partial charge in [0.15, 0.2) is 0 Å². The van der Waals surface area contributed by atoms with Crippen molar-refractivity contribution in [3.05, 3.63) is 22.7 Å². The SMILES string of the molecule is Cc1cc(S(=O)(=O)N2CCCCO2)cc(N)c1Cl. The van der Waals surface area contributed by atoms with E-state index in [1.807, 2.05) is 0 Å². The van der Waals surface area contributed by atoms with E-state index < -0.39 is 10.0 Å². The summed E-state index contributed by atoms with van der Waals surface area (Å²) in [4.78, 5) is 5.29. The Bertz CT molecular complexity index is 530. The second kappa shape index (κ2) is 5.05. The van der Waals surface area contributed by atoms with Gasteiger partial charge in [0.2, 0.25) is 0 Å². The molecule has 0 radical (unpaired) electrons. The van der Waals surface area contributed by atoms with E-state index in [1.165, 1.54) is 12.1 Å². The normalized spacial score (nSPS) is 17.9. The lowest BCUT2D eigenvalue weighted by atomic mass is 10.2. The number of sulfonamides is 1. The molecule has 7 heteroatoms. The minimum absolute atomic E-state index is 0.115. The fraction of sp³-hybridized carbons (Fsp3) is 0.455. The summed E-state index contributed by atoms with van der Waals surface area (Å²) in [7, 11) is -3.65. The summed E-state index contributed by atoms with van der Waals surface area (Å²) in [5.41, 5.74) is 6.58. The van der Waals surface area contributed by atoms with Crippen molar-refractivity contribution in [1.82, 2.24) is 4.47 Å². The fourth-order valence-corrected chi connectivity index (χ4v) is 3.32. The number of anilines is 1. The highest BCUT2D eigenvalue weighted by Crippen LogP contribution is 2.29. The Morgan fingerprint density at radius 2 is 2.11 bits per heavy atom. The van der Waals surface area contributed by atoms with E-state index in [0.717, 1.165) is 17.3 Å². The molecule has 1 aliphatic rings. The maximum atomic E-state index is 12.3. The molecule has 1 aromatic rings. The molecule has 0 unspecified atom stereocenters. The number of hydrogen-bond acceptors (Lipinski definition) is 4. The highest BCUT2D eigenvalue weighted by molar-refractivity contribution is 7.89. The lowest BCUT2D eigenvalue weighted by molar-refractivity contribution is -0.108. The third-order valence-electron chi connectivity index (χ3n) is 2.79. The number of halogens is 1. The first-order chi connectivity index (χ1) is 8.43. The topological polar surface area (TPSA) is 72.6 Å². The van der Waals surface area contributed by atoms with Crippen LogP contribution in [0.25, 0.3) is 0 Å². The van der Waals surface area contributed by atoms with Gasteiger partial charge in [-0.3, -0.25) is 4.84 Å². The van der Waals surface area contributed by atoms with E-state index in [0.29, 0.717) is 23.7 Å². The van der Waals surface area contributed by atoms with Gasteiger partial charge in [0.1, 0.15) is 0 Å². The molecule has 18 heavy (non-hydrogen) atoms. The van der Waals surface area contributed by atoms with E-state index >= 15 is 0 Å². The van der Waals surface area contributed by atoms with Crippen molar-refractivity contribution in [2.45, 2.75) is 24.7 Å². The number of aryl methyl sites for hydroxylation is 1. The maximum Gasteiger partial charge on any atom is 0.265 e. The molecule has 1 aliphatic heterocycles. The molecule has 1 saturated heterocycles. The number of rotatable bonds is 2. The highest BCUT2D eigenvalue weighted by Gasteiger charge is 2.28. The van der Waals surface area contributed by atoms with E-state index in [2.05, 4.69) is 0 Å². The van der Waals surface area contributed by atoms with Gasteiger partial charge in [0.25, 0.3) is 10.0 Å². The Balaban J connectivity index is 2.41. The summed E-state index contributed by atoms with van der Waals surface area (Å²) in [5, 5.41) is 0.383. The zero-order valence-electron chi connectivity index (χ0n) is 10.0. The lowest BCUT2D eigenvalue weighted by Gasteiger charge is -2.25. The third kappa shape index (κ3) is 2.47. The van der Waals surface area contributed by atoms with Crippen molar-refractivity contribution in [3.63, 3.8) is 0 Å². The molecule has 5 nitrogen and oxygen atoms in total. The second-order valence-electron chi connectivity index (χ2n) is 4.22. The molecule has 100 valence electrons. The Morgan fingerprint density at radius 1 is 1.39 bits per heavy atom. The summed E-state index contributed by atoms with van der Waals surface area (Å²) >= 11 is 5.92. The monoisotopic (exact) mass is 290 g/mol. The van der Waals surface area contributed by atoms with Crippen molar-refractivity contribution in [2.24, 2.45) is 0 Å². The summed E-state index contributed by atoms with van der Waals surface area (Å²) in [6, 6.07) is 2.87. The minimum atomic E-state index is -3.65. The van der Waals surface area contributed by atoms with Gasteiger partial charge < -0.3 is 5.73 Å². The van der Waals surface area contributed by atoms with Crippen LogP contribution in [0.5, 0.6) is 0 Å². The van der Waals surface area contributed by atoms with Crippen molar-refractivity contribution < 1.29 is 13.3 Å². The molecular formula is C11H15ClN2O3S. The number of nitrogens with two attached hydrogens (primary N) is 1. The van der Waals surface area contributed by atoms with Crippen LogP contribution in [0.15, 0.2) is 17.0 Å². The van der Waals surface area contributed by atoms with Crippen LogP contribution in [0, 0.1) is 6.92 Å². The predicted molar refractivity (Wildman–Crippen MR) is 69.7 cm³/mol. The molecule has 0 spiro atoms.